The molecule has 9 nitrogen and oxygen atoms in total. The second kappa shape index (κ2) is 8.98. The molecule has 0 aliphatic carbocycles. The molecule has 0 unspecified atom stereocenters. The summed E-state index contributed by atoms with van der Waals surface area (Å²) in [5, 5.41) is 6.40. The number of ether oxygens (including phenoxy) is 1. The zero-order valence-electron chi connectivity index (χ0n) is 16.3. The van der Waals surface area contributed by atoms with E-state index in [4.69, 9.17) is 4.74 Å². The number of nitrogens with zero attached hydrogens (tertiary/aromatic N) is 3. The minimum absolute atomic E-state index is 0.126. The van der Waals surface area contributed by atoms with Gasteiger partial charge in [-0.3, -0.25) is 9.48 Å². The summed E-state index contributed by atoms with van der Waals surface area (Å²) in [6, 6.07) is 4.62. The van der Waals surface area contributed by atoms with Gasteiger partial charge in [0.2, 0.25) is 10.0 Å². The molecule has 0 radical (unpaired) electrons. The van der Waals surface area contributed by atoms with Crippen molar-refractivity contribution < 1.29 is 22.7 Å². The first kappa shape index (κ1) is 21.6. The number of amides is 1. The number of sulfonamides is 1. The van der Waals surface area contributed by atoms with Crippen molar-refractivity contribution in [2.45, 2.75) is 25.7 Å². The Labute approximate surface area is 164 Å². The maximum absolute atomic E-state index is 12.8. The number of hydrogen-bond acceptors (Lipinski definition) is 6. The summed E-state index contributed by atoms with van der Waals surface area (Å²) in [6.07, 6.45) is 2.81. The molecule has 0 bridgehead atoms. The average molecular weight is 408 g/mol. The van der Waals surface area contributed by atoms with Gasteiger partial charge in [-0.15, -0.1) is 0 Å². The van der Waals surface area contributed by atoms with Gasteiger partial charge in [0.15, 0.2) is 6.61 Å². The normalized spacial score (nSPS) is 11.5. The van der Waals surface area contributed by atoms with Gasteiger partial charge >= 0.3 is 5.97 Å². The third-order valence-electron chi connectivity index (χ3n) is 4.07. The molecule has 1 aromatic heterocycles. The van der Waals surface area contributed by atoms with Crippen LogP contribution in [0.2, 0.25) is 0 Å². The van der Waals surface area contributed by atoms with Crippen molar-refractivity contribution >= 4 is 27.6 Å². The van der Waals surface area contributed by atoms with Gasteiger partial charge in [0, 0.05) is 32.0 Å². The lowest BCUT2D eigenvalue weighted by atomic mass is 10.2. The van der Waals surface area contributed by atoms with Crippen LogP contribution in [0.15, 0.2) is 35.5 Å². The molecule has 0 aliphatic rings. The van der Waals surface area contributed by atoms with Crippen molar-refractivity contribution in [2.75, 3.05) is 25.0 Å². The van der Waals surface area contributed by atoms with Gasteiger partial charge in [-0.2, -0.15) is 9.40 Å². The number of hydrogen-bond donors (Lipinski definition) is 1. The van der Waals surface area contributed by atoms with Crippen LogP contribution in [0.3, 0.4) is 0 Å². The summed E-state index contributed by atoms with van der Waals surface area (Å²) in [7, 11) is -2.00. The smallest absolute Gasteiger partial charge is 0.341 e. The average Bonchev–Trinajstić information content (AvgIpc) is 3.08. The topological polar surface area (TPSA) is 111 Å². The molecular weight excluding hydrogens is 384 g/mol. The molecule has 1 N–H and O–H groups in total. The molecule has 1 amide bonds. The molecule has 0 saturated heterocycles. The van der Waals surface area contributed by atoms with Crippen LogP contribution in [-0.4, -0.2) is 54.1 Å². The Kier molecular flexibility index (Phi) is 6.92. The lowest BCUT2D eigenvalue weighted by Gasteiger charge is -2.20. The fourth-order valence-corrected chi connectivity index (χ4v) is 4.31. The summed E-state index contributed by atoms with van der Waals surface area (Å²) in [6.45, 7) is 5.41. The second-order valence-corrected chi connectivity index (χ2v) is 8.00. The van der Waals surface area contributed by atoms with E-state index in [1.807, 2.05) is 0 Å². The van der Waals surface area contributed by atoms with Crippen molar-refractivity contribution in [2.24, 2.45) is 7.05 Å². The summed E-state index contributed by atoms with van der Waals surface area (Å²) in [5.74, 6) is -1.25. The Bertz CT molecular complexity index is 964. The lowest BCUT2D eigenvalue weighted by Crippen LogP contribution is -2.31. The van der Waals surface area contributed by atoms with Crippen LogP contribution in [0.1, 0.15) is 29.8 Å². The highest BCUT2D eigenvalue weighted by Gasteiger charge is 2.24. The molecule has 0 aliphatic heterocycles. The number of carbonyl (C=O) groups excluding carboxylic acids is 2. The molecule has 0 atom stereocenters. The van der Waals surface area contributed by atoms with Gasteiger partial charge in [0.25, 0.3) is 5.91 Å². The number of benzene rings is 1. The highest BCUT2D eigenvalue weighted by molar-refractivity contribution is 7.89. The van der Waals surface area contributed by atoms with E-state index in [1.54, 1.807) is 40.0 Å². The number of rotatable bonds is 8. The molecule has 28 heavy (non-hydrogen) atoms. The van der Waals surface area contributed by atoms with E-state index in [-0.39, 0.29) is 10.5 Å². The van der Waals surface area contributed by atoms with E-state index in [0.29, 0.717) is 24.3 Å². The van der Waals surface area contributed by atoms with E-state index < -0.39 is 28.5 Å². The fourth-order valence-electron chi connectivity index (χ4n) is 2.60. The van der Waals surface area contributed by atoms with Gasteiger partial charge in [-0.25, -0.2) is 13.2 Å². The number of aromatic nitrogens is 2. The maximum Gasteiger partial charge on any atom is 0.341 e. The zero-order valence-corrected chi connectivity index (χ0v) is 17.1. The van der Waals surface area contributed by atoms with Crippen molar-refractivity contribution in [3.8, 4) is 0 Å². The first-order valence-electron chi connectivity index (χ1n) is 8.75. The molecule has 0 fully saturated rings. The summed E-state index contributed by atoms with van der Waals surface area (Å²) in [4.78, 5) is 24.0. The number of aryl methyl sites for hydroxylation is 2. The van der Waals surface area contributed by atoms with E-state index in [0.717, 1.165) is 0 Å². The Hall–Kier alpha value is -2.72. The quantitative estimate of drug-likeness (QED) is 0.664. The third kappa shape index (κ3) is 4.96. The molecule has 10 heteroatoms. The molecule has 0 saturated carbocycles. The number of carbonyl (C=O) groups is 2. The first-order valence-corrected chi connectivity index (χ1v) is 10.2. The Morgan fingerprint density at radius 3 is 2.50 bits per heavy atom. The van der Waals surface area contributed by atoms with Gasteiger partial charge in [0.05, 0.1) is 16.7 Å². The van der Waals surface area contributed by atoms with Gasteiger partial charge < -0.3 is 10.1 Å². The van der Waals surface area contributed by atoms with Crippen LogP contribution >= 0.6 is 0 Å². The van der Waals surface area contributed by atoms with Crippen LogP contribution in [0.5, 0.6) is 0 Å². The van der Waals surface area contributed by atoms with Crippen LogP contribution in [0.25, 0.3) is 0 Å². The molecule has 0 spiro atoms. The Morgan fingerprint density at radius 1 is 1.25 bits per heavy atom. The summed E-state index contributed by atoms with van der Waals surface area (Å²) < 4.78 is 33.3. The van der Waals surface area contributed by atoms with Gasteiger partial charge in [-0.05, 0) is 24.6 Å². The van der Waals surface area contributed by atoms with Gasteiger partial charge in [-0.1, -0.05) is 19.9 Å². The Morgan fingerprint density at radius 2 is 1.93 bits per heavy atom. The van der Waals surface area contributed by atoms with Crippen molar-refractivity contribution in [1.82, 2.24) is 14.1 Å². The molecule has 2 rings (SSSR count). The maximum atomic E-state index is 12.8. The fraction of sp³-hybridized carbons (Fsp3) is 0.389. The van der Waals surface area contributed by atoms with Crippen LogP contribution in [0.4, 0.5) is 5.69 Å². The van der Waals surface area contributed by atoms with Crippen LogP contribution in [0, 0.1) is 6.92 Å². The largest absolute Gasteiger partial charge is 0.452 e. The summed E-state index contributed by atoms with van der Waals surface area (Å²) >= 11 is 0. The zero-order chi connectivity index (χ0) is 20.9. The van der Waals surface area contributed by atoms with E-state index in [1.165, 1.54) is 27.4 Å². The van der Waals surface area contributed by atoms with Gasteiger partial charge in [0.1, 0.15) is 0 Å². The Balaban J connectivity index is 2.08. The molecule has 1 aromatic carbocycles. The summed E-state index contributed by atoms with van der Waals surface area (Å²) in [5.41, 5.74) is 1.12. The molecular formula is C18H24N4O5S. The second-order valence-electron chi connectivity index (χ2n) is 6.10. The highest BCUT2D eigenvalue weighted by atomic mass is 32.2. The molecule has 152 valence electrons. The number of anilines is 1. The minimum atomic E-state index is -3.66. The van der Waals surface area contributed by atoms with E-state index in [9.17, 15) is 18.0 Å². The highest BCUT2D eigenvalue weighted by Crippen LogP contribution is 2.23. The first-order chi connectivity index (χ1) is 13.2. The standard InChI is InChI=1S/C18H24N4O5S/c1-5-22(6-2)28(25,26)16-9-15(8-7-13(16)3)20-17(23)12-27-18(24)14-10-19-21(4)11-14/h7-11H,5-6,12H2,1-4H3,(H,20,23). The molecule has 2 aromatic rings. The minimum Gasteiger partial charge on any atom is -0.452 e. The predicted molar refractivity (Wildman–Crippen MR) is 103 cm³/mol. The van der Waals surface area contributed by atoms with Crippen LogP contribution < -0.4 is 5.32 Å². The SMILES string of the molecule is CCN(CC)S(=O)(=O)c1cc(NC(=O)COC(=O)c2cnn(C)c2)ccc1C. The molecule has 1 heterocycles. The monoisotopic (exact) mass is 408 g/mol. The van der Waals surface area contributed by atoms with Crippen molar-refractivity contribution in [3.05, 3.63) is 41.7 Å². The van der Waals surface area contributed by atoms with E-state index >= 15 is 0 Å². The predicted octanol–water partition coefficient (Wildman–Crippen LogP) is 1.55. The van der Waals surface area contributed by atoms with Crippen molar-refractivity contribution in [1.29, 1.82) is 0 Å². The number of nitrogens with one attached hydrogen (secondary N) is 1. The van der Waals surface area contributed by atoms with E-state index in [2.05, 4.69) is 10.4 Å². The van der Waals surface area contributed by atoms with Crippen molar-refractivity contribution in [3.63, 3.8) is 0 Å². The number of esters is 1. The van der Waals surface area contributed by atoms with Crippen LogP contribution in [-0.2, 0) is 26.6 Å². The lowest BCUT2D eigenvalue weighted by molar-refractivity contribution is -0.119. The third-order valence-corrected chi connectivity index (χ3v) is 6.26.